The van der Waals surface area contributed by atoms with Crippen LogP contribution in [0.1, 0.15) is 25.3 Å². The summed E-state index contributed by atoms with van der Waals surface area (Å²) < 4.78 is 61.0. The van der Waals surface area contributed by atoms with E-state index in [0.717, 1.165) is 6.54 Å². The summed E-state index contributed by atoms with van der Waals surface area (Å²) in [5.74, 6) is 0.134. The fourth-order valence-electron chi connectivity index (χ4n) is 3.62. The number of hydrogen-bond donors (Lipinski definition) is 2. The molecule has 1 aliphatic heterocycles. The molecule has 3 aromatic rings. The monoisotopic (exact) mass is 458 g/mol. The number of nitrogens with one attached hydrogen (secondary N) is 1. The first-order chi connectivity index (χ1) is 14.6. The molecule has 0 unspecified atom stereocenters. The Morgan fingerprint density at radius 1 is 1.39 bits per heavy atom. The SMILES string of the molecule is C[C@@H](N)c1nc(-c2cc3c(N[C@@H]4CCN(C)C[C@@H]4F)cccn3c2SC(F)(F)F)no1. The van der Waals surface area contributed by atoms with Crippen LogP contribution in [0.5, 0.6) is 0 Å². The van der Waals surface area contributed by atoms with Crippen LogP contribution in [-0.2, 0) is 0 Å². The van der Waals surface area contributed by atoms with E-state index in [9.17, 15) is 17.6 Å². The van der Waals surface area contributed by atoms with E-state index in [1.807, 2.05) is 11.9 Å². The van der Waals surface area contributed by atoms with Crippen LogP contribution >= 0.6 is 11.8 Å². The fraction of sp³-hybridized carbons (Fsp3) is 0.474. The van der Waals surface area contributed by atoms with Gasteiger partial charge in [-0.15, -0.1) is 0 Å². The minimum absolute atomic E-state index is 0.0105. The first-order valence-electron chi connectivity index (χ1n) is 9.71. The third-order valence-electron chi connectivity index (χ3n) is 5.13. The molecule has 12 heteroatoms. The van der Waals surface area contributed by atoms with Gasteiger partial charge in [0.25, 0.3) is 0 Å². The van der Waals surface area contributed by atoms with E-state index in [1.54, 1.807) is 25.1 Å². The molecule has 0 amide bonds. The second-order valence-corrected chi connectivity index (χ2v) is 8.70. The van der Waals surface area contributed by atoms with Crippen molar-refractivity contribution in [3.63, 3.8) is 0 Å². The molecule has 3 aromatic heterocycles. The summed E-state index contributed by atoms with van der Waals surface area (Å²) in [7, 11) is 1.85. The summed E-state index contributed by atoms with van der Waals surface area (Å²) in [6.45, 7) is 2.66. The topological polar surface area (TPSA) is 84.6 Å². The van der Waals surface area contributed by atoms with Crippen molar-refractivity contribution in [2.24, 2.45) is 5.73 Å². The fourth-order valence-corrected chi connectivity index (χ4v) is 4.35. The highest BCUT2D eigenvalue weighted by Crippen LogP contribution is 2.44. The average Bonchev–Trinajstić information content (AvgIpc) is 3.29. The first kappa shape index (κ1) is 21.9. The number of halogens is 4. The number of fused-ring (bicyclic) bond motifs is 1. The highest BCUT2D eigenvalue weighted by atomic mass is 32.2. The Hall–Kier alpha value is -2.31. The molecule has 3 N–H and O–H groups in total. The zero-order valence-corrected chi connectivity index (χ0v) is 17.7. The van der Waals surface area contributed by atoms with Crippen molar-refractivity contribution in [1.82, 2.24) is 19.4 Å². The van der Waals surface area contributed by atoms with Crippen LogP contribution in [0.2, 0.25) is 0 Å². The number of thioether (sulfide) groups is 1. The second kappa shape index (κ2) is 8.32. The number of rotatable bonds is 5. The molecule has 3 atom stereocenters. The van der Waals surface area contributed by atoms with Crippen molar-refractivity contribution >= 4 is 23.0 Å². The third-order valence-corrected chi connectivity index (χ3v) is 5.98. The maximum Gasteiger partial charge on any atom is 0.447 e. The lowest BCUT2D eigenvalue weighted by atomic mass is 10.0. The van der Waals surface area contributed by atoms with Crippen molar-refractivity contribution in [1.29, 1.82) is 0 Å². The van der Waals surface area contributed by atoms with Crippen molar-refractivity contribution in [2.45, 2.75) is 42.1 Å². The van der Waals surface area contributed by atoms with Gasteiger partial charge in [0.05, 0.1) is 33.9 Å². The Morgan fingerprint density at radius 3 is 2.81 bits per heavy atom. The highest BCUT2D eigenvalue weighted by Gasteiger charge is 2.34. The number of hydrogen-bond acceptors (Lipinski definition) is 7. The van der Waals surface area contributed by atoms with Gasteiger partial charge >= 0.3 is 5.51 Å². The van der Waals surface area contributed by atoms with Crippen LogP contribution in [0.4, 0.5) is 23.2 Å². The number of aromatic nitrogens is 3. The normalized spacial score (nSPS) is 21.5. The number of anilines is 1. The van der Waals surface area contributed by atoms with E-state index in [2.05, 4.69) is 15.5 Å². The predicted molar refractivity (Wildman–Crippen MR) is 110 cm³/mol. The highest BCUT2D eigenvalue weighted by molar-refractivity contribution is 8.00. The molecule has 31 heavy (non-hydrogen) atoms. The van der Waals surface area contributed by atoms with Crippen molar-refractivity contribution in [3.05, 3.63) is 30.3 Å². The summed E-state index contributed by atoms with van der Waals surface area (Å²) >= 11 is -0.267. The summed E-state index contributed by atoms with van der Waals surface area (Å²) in [5.41, 5.74) is 2.36. The van der Waals surface area contributed by atoms with E-state index in [0.29, 0.717) is 24.2 Å². The minimum Gasteiger partial charge on any atom is -0.378 e. The van der Waals surface area contributed by atoms with Gasteiger partial charge in [0.2, 0.25) is 11.7 Å². The Labute approximate surface area is 180 Å². The number of alkyl halides is 4. The molecular formula is C19H22F4N6OS. The molecular weight excluding hydrogens is 436 g/mol. The van der Waals surface area contributed by atoms with Gasteiger partial charge in [0.15, 0.2) is 0 Å². The molecule has 0 radical (unpaired) electrons. The van der Waals surface area contributed by atoms with Gasteiger partial charge in [-0.05, 0) is 38.6 Å². The number of pyridine rings is 1. The maximum atomic E-state index is 14.5. The second-order valence-electron chi connectivity index (χ2n) is 7.65. The van der Waals surface area contributed by atoms with Crippen molar-refractivity contribution < 1.29 is 22.1 Å². The molecule has 0 spiro atoms. The van der Waals surface area contributed by atoms with Gasteiger partial charge in [-0.1, -0.05) is 5.16 Å². The maximum absolute atomic E-state index is 14.5. The van der Waals surface area contributed by atoms with Gasteiger partial charge in [-0.25, -0.2) is 4.39 Å². The van der Waals surface area contributed by atoms with Crippen LogP contribution in [0.25, 0.3) is 16.9 Å². The zero-order valence-electron chi connectivity index (χ0n) is 16.9. The largest absolute Gasteiger partial charge is 0.447 e. The lowest BCUT2D eigenvalue weighted by Gasteiger charge is -2.33. The van der Waals surface area contributed by atoms with Crippen molar-refractivity contribution in [3.8, 4) is 11.4 Å². The van der Waals surface area contributed by atoms with Gasteiger partial charge in [0.1, 0.15) is 6.17 Å². The molecule has 0 aromatic carbocycles. The van der Waals surface area contributed by atoms with Gasteiger partial charge in [0, 0.05) is 31.0 Å². The Balaban J connectivity index is 1.78. The van der Waals surface area contributed by atoms with Crippen LogP contribution in [0.3, 0.4) is 0 Å². The lowest BCUT2D eigenvalue weighted by molar-refractivity contribution is -0.0329. The predicted octanol–water partition coefficient (Wildman–Crippen LogP) is 4.08. The Kier molecular flexibility index (Phi) is 5.88. The van der Waals surface area contributed by atoms with Crippen molar-refractivity contribution in [2.75, 3.05) is 25.5 Å². The van der Waals surface area contributed by atoms with E-state index in [-0.39, 0.29) is 34.1 Å². The quantitative estimate of drug-likeness (QED) is 0.440. The van der Waals surface area contributed by atoms with E-state index in [4.69, 9.17) is 10.3 Å². The molecule has 1 aliphatic rings. The van der Waals surface area contributed by atoms with Crippen LogP contribution in [0.15, 0.2) is 33.9 Å². The summed E-state index contributed by atoms with van der Waals surface area (Å²) in [4.78, 5) is 6.05. The number of nitrogens with zero attached hydrogens (tertiary/aromatic N) is 4. The first-order valence-corrected chi connectivity index (χ1v) is 10.5. The molecule has 1 saturated heterocycles. The Bertz CT molecular complexity index is 1070. The smallest absolute Gasteiger partial charge is 0.378 e. The third kappa shape index (κ3) is 4.65. The van der Waals surface area contributed by atoms with Gasteiger partial charge in [-0.2, -0.15) is 18.2 Å². The average molecular weight is 458 g/mol. The minimum atomic E-state index is -4.53. The van der Waals surface area contributed by atoms with Gasteiger partial charge in [-0.3, -0.25) is 0 Å². The summed E-state index contributed by atoms with van der Waals surface area (Å²) in [6, 6.07) is 3.89. The molecule has 0 saturated carbocycles. The molecule has 4 heterocycles. The molecule has 7 nitrogen and oxygen atoms in total. The molecule has 4 rings (SSSR count). The number of piperidine rings is 1. The summed E-state index contributed by atoms with van der Waals surface area (Å²) in [6.07, 6.45) is 1.01. The molecule has 0 bridgehead atoms. The lowest BCUT2D eigenvalue weighted by Crippen LogP contribution is -2.46. The number of nitrogens with two attached hydrogens (primary N) is 1. The van der Waals surface area contributed by atoms with Crippen LogP contribution in [-0.4, -0.2) is 57.3 Å². The Morgan fingerprint density at radius 2 is 2.16 bits per heavy atom. The van der Waals surface area contributed by atoms with E-state index >= 15 is 0 Å². The van der Waals surface area contributed by atoms with E-state index < -0.39 is 23.8 Å². The zero-order chi connectivity index (χ0) is 22.3. The van der Waals surface area contributed by atoms with Gasteiger partial charge < -0.3 is 24.9 Å². The van der Waals surface area contributed by atoms with Crippen LogP contribution < -0.4 is 11.1 Å². The van der Waals surface area contributed by atoms with Crippen LogP contribution in [0, 0.1) is 0 Å². The molecule has 0 aliphatic carbocycles. The molecule has 168 valence electrons. The number of likely N-dealkylation sites (tertiary alicyclic amines) is 1. The molecule has 1 fully saturated rings. The summed E-state index contributed by atoms with van der Waals surface area (Å²) in [5, 5.41) is 6.88. The standard InChI is InChI=1S/C19H22F4N6OS/c1-10(24)17-26-16(27-30-17)11-8-15-14(25-13-5-7-28(2)9-12(13)20)4-3-6-29(15)18(11)31-19(21,22)23/h3-4,6,8,10,12-13,25H,5,7,9,24H2,1-2H3/t10-,12+,13-/m1/s1. The van der Waals surface area contributed by atoms with E-state index in [1.165, 1.54) is 10.6 Å².